The summed E-state index contributed by atoms with van der Waals surface area (Å²) in [5.74, 6) is 1.76. The summed E-state index contributed by atoms with van der Waals surface area (Å²) in [6.45, 7) is 0. The highest BCUT2D eigenvalue weighted by atomic mass is 32.1. The van der Waals surface area contributed by atoms with Crippen LogP contribution in [0.2, 0.25) is 0 Å². The van der Waals surface area contributed by atoms with E-state index in [0.717, 1.165) is 110 Å². The lowest BCUT2D eigenvalue weighted by Crippen LogP contribution is -2.00. The fourth-order valence-corrected chi connectivity index (χ4v) is 11.8. The molecule has 0 saturated carbocycles. The van der Waals surface area contributed by atoms with Crippen LogP contribution in [0.15, 0.2) is 227 Å². The van der Waals surface area contributed by atoms with Gasteiger partial charge in [0, 0.05) is 80.4 Å². The minimum Gasteiger partial charge on any atom is -0.456 e. The van der Waals surface area contributed by atoms with Gasteiger partial charge >= 0.3 is 0 Å². The van der Waals surface area contributed by atoms with Crippen molar-refractivity contribution in [3.63, 3.8) is 0 Å². The van der Waals surface area contributed by atoms with Gasteiger partial charge in [0.25, 0.3) is 0 Å². The van der Waals surface area contributed by atoms with Gasteiger partial charge in [0.05, 0.1) is 11.0 Å². The van der Waals surface area contributed by atoms with Crippen LogP contribution in [0.5, 0.6) is 0 Å². The summed E-state index contributed by atoms with van der Waals surface area (Å²) < 4.78 is 18.3. The van der Waals surface area contributed by atoms with Crippen LogP contribution < -0.4 is 0 Å². The first-order valence-corrected chi connectivity index (χ1v) is 24.2. The first kappa shape index (κ1) is 38.9. The molecule has 6 nitrogen and oxygen atoms in total. The highest BCUT2D eigenvalue weighted by Gasteiger charge is 2.22. The Morgan fingerprint density at radius 2 is 0.929 bits per heavy atom. The van der Waals surface area contributed by atoms with E-state index in [0.29, 0.717) is 17.5 Å². The van der Waals surface area contributed by atoms with Crippen molar-refractivity contribution < 1.29 is 8.83 Å². The predicted molar refractivity (Wildman–Crippen MR) is 289 cm³/mol. The Morgan fingerprint density at radius 1 is 0.329 bits per heavy atom. The van der Waals surface area contributed by atoms with Gasteiger partial charge in [-0.05, 0) is 89.5 Å². The summed E-state index contributed by atoms with van der Waals surface area (Å²) in [7, 11) is 0. The highest BCUT2D eigenvalue weighted by molar-refractivity contribution is 7.25. The van der Waals surface area contributed by atoms with E-state index in [1.807, 2.05) is 53.8 Å². The predicted octanol–water partition coefficient (Wildman–Crippen LogP) is 17.5. The molecular weight excluding hydrogens is 877 g/mol. The molecule has 0 aliphatic rings. The van der Waals surface area contributed by atoms with Crippen LogP contribution in [0.1, 0.15) is 0 Å². The number of rotatable bonds is 6. The van der Waals surface area contributed by atoms with Gasteiger partial charge in [-0.25, -0.2) is 15.0 Å². The number of para-hydroxylation sites is 3. The summed E-state index contributed by atoms with van der Waals surface area (Å²) in [5, 5.41) is 8.94. The molecule has 0 amide bonds. The normalized spacial score (nSPS) is 12.0. The largest absolute Gasteiger partial charge is 0.456 e. The average molecular weight is 913 g/mol. The Kier molecular flexibility index (Phi) is 8.43. The molecule has 0 bridgehead atoms. The molecule has 5 heterocycles. The Balaban J connectivity index is 0.889. The number of hydrogen-bond acceptors (Lipinski definition) is 6. The zero-order chi connectivity index (χ0) is 45.9. The number of hydrogen-bond donors (Lipinski definition) is 0. The molecule has 0 saturated heterocycles. The molecule has 0 unspecified atom stereocenters. The van der Waals surface area contributed by atoms with Crippen LogP contribution in [0.3, 0.4) is 0 Å². The van der Waals surface area contributed by atoms with E-state index in [-0.39, 0.29) is 0 Å². The van der Waals surface area contributed by atoms with Crippen LogP contribution in [0.4, 0.5) is 0 Å². The van der Waals surface area contributed by atoms with Gasteiger partial charge in [-0.2, -0.15) is 0 Å². The molecule has 326 valence electrons. The van der Waals surface area contributed by atoms with Crippen molar-refractivity contribution in [2.75, 3.05) is 0 Å². The van der Waals surface area contributed by atoms with Gasteiger partial charge in [-0.1, -0.05) is 146 Å². The van der Waals surface area contributed by atoms with E-state index in [4.69, 9.17) is 23.8 Å². The van der Waals surface area contributed by atoms with Crippen LogP contribution in [0.25, 0.3) is 148 Å². The van der Waals surface area contributed by atoms with Crippen molar-refractivity contribution in [1.82, 2.24) is 19.5 Å². The smallest absolute Gasteiger partial charge is 0.164 e. The number of furan rings is 2. The number of aromatic nitrogens is 4. The second-order valence-corrected chi connectivity index (χ2v) is 18.9. The molecule has 15 aromatic rings. The third-order valence-electron chi connectivity index (χ3n) is 13.9. The van der Waals surface area contributed by atoms with Crippen molar-refractivity contribution in [2.24, 2.45) is 0 Å². The molecule has 5 aromatic heterocycles. The quantitative estimate of drug-likeness (QED) is 0.166. The molecule has 0 N–H and O–H groups in total. The maximum atomic E-state index is 6.81. The van der Waals surface area contributed by atoms with E-state index < -0.39 is 0 Å². The molecule has 0 spiro atoms. The topological polar surface area (TPSA) is 69.9 Å². The minimum atomic E-state index is 0.568. The second-order valence-electron chi connectivity index (χ2n) is 17.9. The third-order valence-corrected chi connectivity index (χ3v) is 15.0. The van der Waals surface area contributed by atoms with Crippen molar-refractivity contribution >= 4 is 97.2 Å². The molecular formula is C63H36N4O2S. The summed E-state index contributed by atoms with van der Waals surface area (Å²) in [4.78, 5) is 15.7. The third kappa shape index (κ3) is 5.95. The van der Waals surface area contributed by atoms with Crippen LogP contribution in [-0.4, -0.2) is 19.5 Å². The van der Waals surface area contributed by atoms with Crippen LogP contribution >= 0.6 is 11.3 Å². The van der Waals surface area contributed by atoms with E-state index >= 15 is 0 Å². The van der Waals surface area contributed by atoms with Crippen molar-refractivity contribution in [2.45, 2.75) is 0 Å². The SMILES string of the molecule is c1ccc(-c2nc(-c3ccc4c(c3)c3ccccc3n4-c3ccccc3)nc(-c3cccc4oc5ccc(-c6cccc7oc8c(-c9ccc%10c(c9)sc9ccccc9%10)cccc8c67)cc5c34)n2)cc1. The number of nitrogens with zero attached hydrogens (tertiary/aromatic N) is 4. The van der Waals surface area contributed by atoms with Gasteiger partial charge in [0.15, 0.2) is 17.5 Å². The lowest BCUT2D eigenvalue weighted by Gasteiger charge is -2.10. The maximum Gasteiger partial charge on any atom is 0.164 e. The summed E-state index contributed by atoms with van der Waals surface area (Å²) in [5.41, 5.74) is 13.7. The van der Waals surface area contributed by atoms with E-state index in [9.17, 15) is 0 Å². The van der Waals surface area contributed by atoms with Crippen LogP contribution in [0, 0.1) is 0 Å². The van der Waals surface area contributed by atoms with Gasteiger partial charge in [-0.15, -0.1) is 11.3 Å². The average Bonchev–Trinajstić information content (AvgIpc) is 4.19. The van der Waals surface area contributed by atoms with E-state index in [1.54, 1.807) is 0 Å². The zero-order valence-corrected chi connectivity index (χ0v) is 38.1. The van der Waals surface area contributed by atoms with Crippen LogP contribution in [-0.2, 0) is 0 Å². The van der Waals surface area contributed by atoms with E-state index in [2.05, 4.69) is 180 Å². The fourth-order valence-electron chi connectivity index (χ4n) is 10.7. The zero-order valence-electron chi connectivity index (χ0n) is 37.3. The molecule has 15 rings (SSSR count). The minimum absolute atomic E-state index is 0.568. The van der Waals surface area contributed by atoms with Crippen molar-refractivity contribution in [3.8, 4) is 62.1 Å². The lowest BCUT2D eigenvalue weighted by atomic mass is 9.95. The van der Waals surface area contributed by atoms with E-state index in [1.165, 1.54) is 20.2 Å². The molecule has 10 aromatic carbocycles. The van der Waals surface area contributed by atoms with Gasteiger partial charge in [-0.3, -0.25) is 0 Å². The number of fused-ring (bicyclic) bond motifs is 12. The summed E-state index contributed by atoms with van der Waals surface area (Å²) in [6, 6.07) is 76.6. The Hall–Kier alpha value is -9.17. The van der Waals surface area contributed by atoms with Gasteiger partial charge < -0.3 is 13.4 Å². The molecule has 7 heteroatoms. The fraction of sp³-hybridized carbons (Fsp3) is 0. The molecule has 0 aliphatic heterocycles. The summed E-state index contributed by atoms with van der Waals surface area (Å²) >= 11 is 1.83. The number of benzene rings is 10. The van der Waals surface area contributed by atoms with Gasteiger partial charge in [0.1, 0.15) is 22.3 Å². The lowest BCUT2D eigenvalue weighted by molar-refractivity contribution is 0.669. The molecule has 0 radical (unpaired) electrons. The maximum absolute atomic E-state index is 6.81. The Morgan fingerprint density at radius 3 is 1.80 bits per heavy atom. The van der Waals surface area contributed by atoms with Crippen molar-refractivity contribution in [3.05, 3.63) is 218 Å². The molecule has 0 aliphatic carbocycles. The summed E-state index contributed by atoms with van der Waals surface area (Å²) in [6.07, 6.45) is 0. The molecule has 0 atom stereocenters. The Labute approximate surface area is 404 Å². The number of thiophene rings is 1. The second kappa shape index (κ2) is 15.2. The monoisotopic (exact) mass is 912 g/mol. The van der Waals surface area contributed by atoms with Crippen molar-refractivity contribution in [1.29, 1.82) is 0 Å². The standard InChI is InChI=1S/C63H36N4O2S/c1-3-14-37(15-4-1)61-64-62(40-29-32-52-49(35-40)44-18-7-9-24-51(44)67(52)41-16-5-2-6-17-41)66-63(65-61)48-23-13-25-54-59(48)50-34-38(30-33-53(50)68-54)42-20-12-26-55-58(42)47-22-11-21-43(60(47)69-55)39-28-31-46-45-19-8-10-27-56(45)70-57(46)36-39/h1-36H. The molecule has 70 heavy (non-hydrogen) atoms. The first-order chi connectivity index (χ1) is 34.7. The van der Waals surface area contributed by atoms with Gasteiger partial charge in [0.2, 0.25) is 0 Å². The Bertz CT molecular complexity index is 4600. The molecule has 0 fully saturated rings. The highest BCUT2D eigenvalue weighted by Crippen LogP contribution is 2.45. The first-order valence-electron chi connectivity index (χ1n) is 23.4.